The molecule has 0 aliphatic heterocycles. The lowest BCUT2D eigenvalue weighted by atomic mass is 10.1. The van der Waals surface area contributed by atoms with Gasteiger partial charge >= 0.3 is 5.97 Å². The largest absolute Gasteiger partial charge is 0.480 e. The Labute approximate surface area is 174 Å². The first-order valence-corrected chi connectivity index (χ1v) is 10.4. The first-order valence-electron chi connectivity index (χ1n) is 9.34. The maximum atomic E-state index is 11.8. The molecule has 2 amide bonds. The number of carboxylic acids is 1. The SMILES string of the molecule is CC(C)C(=O)NC(CCCCNC(=O)CCCc1ccc(I)cc1)C(=O)O. The molecule has 0 spiro atoms. The molecule has 3 N–H and O–H groups in total. The second-order valence-corrected chi connectivity index (χ2v) is 8.13. The van der Waals surface area contributed by atoms with Gasteiger partial charge in [-0.3, -0.25) is 9.59 Å². The van der Waals surface area contributed by atoms with Gasteiger partial charge in [-0.2, -0.15) is 0 Å². The van der Waals surface area contributed by atoms with E-state index < -0.39 is 12.0 Å². The summed E-state index contributed by atoms with van der Waals surface area (Å²) < 4.78 is 1.20. The van der Waals surface area contributed by atoms with Crippen LogP contribution in [0, 0.1) is 9.49 Å². The maximum Gasteiger partial charge on any atom is 0.326 e. The average molecular weight is 488 g/mol. The Morgan fingerprint density at radius 2 is 1.74 bits per heavy atom. The van der Waals surface area contributed by atoms with E-state index in [0.717, 1.165) is 12.8 Å². The molecule has 1 unspecified atom stereocenters. The number of hydrogen-bond donors (Lipinski definition) is 3. The van der Waals surface area contributed by atoms with Gasteiger partial charge in [0.25, 0.3) is 0 Å². The number of carbonyl (C=O) groups excluding carboxylic acids is 2. The van der Waals surface area contributed by atoms with Crippen molar-refractivity contribution in [2.45, 2.75) is 58.4 Å². The van der Waals surface area contributed by atoms with Crippen LogP contribution in [0.5, 0.6) is 0 Å². The summed E-state index contributed by atoms with van der Waals surface area (Å²) in [6, 6.07) is 7.41. The van der Waals surface area contributed by atoms with Crippen molar-refractivity contribution in [3.05, 3.63) is 33.4 Å². The zero-order valence-electron chi connectivity index (χ0n) is 16.0. The van der Waals surface area contributed by atoms with Crippen molar-refractivity contribution in [2.75, 3.05) is 6.54 Å². The smallest absolute Gasteiger partial charge is 0.326 e. The molecule has 0 fully saturated rings. The number of unbranched alkanes of at least 4 members (excludes halogenated alkanes) is 1. The first kappa shape index (κ1) is 23.4. The Bertz CT molecular complexity index is 617. The standard InChI is InChI=1S/C20H29IN2O4/c1-14(2)19(25)23-17(20(26)27)7-3-4-13-22-18(24)8-5-6-15-9-11-16(21)12-10-15/h9-12,14,17H,3-8,13H2,1-2H3,(H,22,24)(H,23,25)(H,26,27). The third kappa shape index (κ3) is 10.3. The fourth-order valence-corrected chi connectivity index (χ4v) is 2.85. The van der Waals surface area contributed by atoms with Crippen molar-refractivity contribution in [1.82, 2.24) is 10.6 Å². The number of aliphatic carboxylic acids is 1. The molecule has 1 aromatic carbocycles. The zero-order chi connectivity index (χ0) is 20.2. The molecule has 6 nitrogen and oxygen atoms in total. The minimum Gasteiger partial charge on any atom is -0.480 e. The van der Waals surface area contributed by atoms with Crippen LogP contribution in [0.2, 0.25) is 0 Å². The number of aryl methyl sites for hydroxylation is 1. The molecule has 150 valence electrons. The minimum atomic E-state index is -1.02. The number of carboxylic acid groups (broad SMARTS) is 1. The minimum absolute atomic E-state index is 0.0170. The van der Waals surface area contributed by atoms with Crippen molar-refractivity contribution in [3.63, 3.8) is 0 Å². The van der Waals surface area contributed by atoms with Crippen LogP contribution in [-0.2, 0) is 20.8 Å². The fraction of sp³-hybridized carbons (Fsp3) is 0.550. The number of carbonyl (C=O) groups is 3. The van der Waals surface area contributed by atoms with E-state index in [9.17, 15) is 19.5 Å². The van der Waals surface area contributed by atoms with Gasteiger partial charge in [-0.15, -0.1) is 0 Å². The molecule has 0 bridgehead atoms. The summed E-state index contributed by atoms with van der Waals surface area (Å²) in [4.78, 5) is 34.7. The van der Waals surface area contributed by atoms with Crippen LogP contribution < -0.4 is 10.6 Å². The summed E-state index contributed by atoms with van der Waals surface area (Å²) in [5.74, 6) is -1.51. The first-order chi connectivity index (χ1) is 12.8. The Balaban J connectivity index is 2.15. The maximum absolute atomic E-state index is 11.8. The molecule has 0 aliphatic rings. The highest BCUT2D eigenvalue weighted by Crippen LogP contribution is 2.09. The second kappa shape index (κ2) is 12.7. The van der Waals surface area contributed by atoms with Gasteiger partial charge in [-0.25, -0.2) is 4.79 Å². The predicted molar refractivity (Wildman–Crippen MR) is 113 cm³/mol. The van der Waals surface area contributed by atoms with E-state index >= 15 is 0 Å². The van der Waals surface area contributed by atoms with Gasteiger partial charge in [0, 0.05) is 22.5 Å². The monoisotopic (exact) mass is 488 g/mol. The van der Waals surface area contributed by atoms with E-state index in [1.165, 1.54) is 9.13 Å². The summed E-state index contributed by atoms with van der Waals surface area (Å²) in [5.41, 5.74) is 1.23. The van der Waals surface area contributed by atoms with E-state index in [4.69, 9.17) is 0 Å². The summed E-state index contributed by atoms with van der Waals surface area (Å²) in [7, 11) is 0. The lowest BCUT2D eigenvalue weighted by Gasteiger charge is -2.16. The van der Waals surface area contributed by atoms with Crippen molar-refractivity contribution in [1.29, 1.82) is 0 Å². The van der Waals surface area contributed by atoms with Gasteiger partial charge in [0.15, 0.2) is 0 Å². The Morgan fingerprint density at radius 1 is 1.07 bits per heavy atom. The van der Waals surface area contributed by atoms with E-state index in [2.05, 4.69) is 57.5 Å². The molecular weight excluding hydrogens is 459 g/mol. The molecule has 0 saturated heterocycles. The number of amides is 2. The third-order valence-electron chi connectivity index (χ3n) is 4.16. The van der Waals surface area contributed by atoms with Crippen LogP contribution in [0.1, 0.15) is 51.5 Å². The molecule has 0 heterocycles. The van der Waals surface area contributed by atoms with Gasteiger partial charge in [0.1, 0.15) is 6.04 Å². The van der Waals surface area contributed by atoms with Gasteiger partial charge < -0.3 is 15.7 Å². The third-order valence-corrected chi connectivity index (χ3v) is 4.88. The van der Waals surface area contributed by atoms with E-state index in [1.54, 1.807) is 13.8 Å². The molecule has 0 aliphatic carbocycles. The normalized spacial score (nSPS) is 11.9. The fourth-order valence-electron chi connectivity index (χ4n) is 2.49. The number of halogens is 1. The van der Waals surface area contributed by atoms with Crippen LogP contribution in [0.15, 0.2) is 24.3 Å². The summed E-state index contributed by atoms with van der Waals surface area (Å²) >= 11 is 2.27. The summed E-state index contributed by atoms with van der Waals surface area (Å²) in [5, 5.41) is 14.6. The summed E-state index contributed by atoms with van der Waals surface area (Å²) in [6.07, 6.45) is 3.82. The van der Waals surface area contributed by atoms with Gasteiger partial charge in [0.2, 0.25) is 11.8 Å². The molecule has 1 rings (SSSR count). The van der Waals surface area contributed by atoms with Crippen molar-refractivity contribution in [3.8, 4) is 0 Å². The lowest BCUT2D eigenvalue weighted by Crippen LogP contribution is -2.42. The zero-order valence-corrected chi connectivity index (χ0v) is 18.1. The Kier molecular flexibility index (Phi) is 11.0. The van der Waals surface area contributed by atoms with Crippen LogP contribution in [0.25, 0.3) is 0 Å². The number of nitrogens with one attached hydrogen (secondary N) is 2. The van der Waals surface area contributed by atoms with Crippen molar-refractivity contribution < 1.29 is 19.5 Å². The highest BCUT2D eigenvalue weighted by molar-refractivity contribution is 14.1. The molecule has 1 aromatic rings. The quantitative estimate of drug-likeness (QED) is 0.311. The second-order valence-electron chi connectivity index (χ2n) is 6.88. The predicted octanol–water partition coefficient (Wildman–Crippen LogP) is 3.13. The summed E-state index contributed by atoms with van der Waals surface area (Å²) in [6.45, 7) is 3.97. The number of rotatable bonds is 12. The van der Waals surface area contributed by atoms with E-state index in [1.807, 2.05) is 0 Å². The average Bonchev–Trinajstić information content (AvgIpc) is 2.61. The van der Waals surface area contributed by atoms with Crippen molar-refractivity contribution in [2.24, 2.45) is 5.92 Å². The van der Waals surface area contributed by atoms with Crippen LogP contribution in [-0.4, -0.2) is 35.5 Å². The topological polar surface area (TPSA) is 95.5 Å². The number of benzene rings is 1. The molecule has 0 aromatic heterocycles. The van der Waals surface area contributed by atoms with Crippen molar-refractivity contribution >= 4 is 40.4 Å². The number of hydrogen-bond acceptors (Lipinski definition) is 3. The van der Waals surface area contributed by atoms with Crippen LogP contribution in [0.4, 0.5) is 0 Å². The Morgan fingerprint density at radius 3 is 2.33 bits per heavy atom. The molecular formula is C20H29IN2O4. The molecule has 0 saturated carbocycles. The molecule has 27 heavy (non-hydrogen) atoms. The van der Waals surface area contributed by atoms with Crippen LogP contribution >= 0.6 is 22.6 Å². The van der Waals surface area contributed by atoms with Gasteiger partial charge in [0.05, 0.1) is 0 Å². The molecule has 7 heteroatoms. The highest BCUT2D eigenvalue weighted by Gasteiger charge is 2.20. The van der Waals surface area contributed by atoms with E-state index in [0.29, 0.717) is 32.2 Å². The van der Waals surface area contributed by atoms with Gasteiger partial charge in [-0.05, 0) is 72.4 Å². The van der Waals surface area contributed by atoms with Gasteiger partial charge in [-0.1, -0.05) is 26.0 Å². The molecule has 1 atom stereocenters. The van der Waals surface area contributed by atoms with Crippen LogP contribution in [0.3, 0.4) is 0 Å². The lowest BCUT2D eigenvalue weighted by molar-refractivity contribution is -0.142. The van der Waals surface area contributed by atoms with E-state index in [-0.39, 0.29) is 17.7 Å². The highest BCUT2D eigenvalue weighted by atomic mass is 127. The Hall–Kier alpha value is -1.64. The molecule has 0 radical (unpaired) electrons.